The summed E-state index contributed by atoms with van der Waals surface area (Å²) in [6.45, 7) is 2.74. The van der Waals surface area contributed by atoms with Gasteiger partial charge in [-0.1, -0.05) is 12.8 Å². The monoisotopic (exact) mass is 283 g/mol. The zero-order valence-electron chi connectivity index (χ0n) is 12.2. The van der Waals surface area contributed by atoms with E-state index in [4.69, 9.17) is 9.84 Å². The van der Waals surface area contributed by atoms with E-state index in [1.807, 2.05) is 6.92 Å². The number of carbonyl (C=O) groups excluding carboxylic acids is 1. The highest BCUT2D eigenvalue weighted by molar-refractivity contribution is 5.78. The Morgan fingerprint density at radius 1 is 1.30 bits per heavy atom. The largest absolute Gasteiger partial charge is 0.481 e. The Labute approximate surface area is 120 Å². The standard InChI is InChI=1S/C15H25NO4/c1-11(12-5-4-8-20-12)16-13(17)9-15(10-14(18)19)6-2-3-7-15/h11-12H,2-10H2,1H3,(H,16,17)(H,18,19). The number of hydrogen-bond acceptors (Lipinski definition) is 3. The quantitative estimate of drug-likeness (QED) is 0.782. The number of aliphatic carboxylic acids is 1. The van der Waals surface area contributed by atoms with Crippen molar-refractivity contribution >= 4 is 11.9 Å². The van der Waals surface area contributed by atoms with Gasteiger partial charge < -0.3 is 15.2 Å². The van der Waals surface area contributed by atoms with E-state index in [1.165, 1.54) is 0 Å². The van der Waals surface area contributed by atoms with Crippen LogP contribution in [0.15, 0.2) is 0 Å². The molecule has 0 bridgehead atoms. The summed E-state index contributed by atoms with van der Waals surface area (Å²) in [6, 6.07) is 0.00767. The number of amides is 1. The lowest BCUT2D eigenvalue weighted by Crippen LogP contribution is -2.42. The van der Waals surface area contributed by atoms with Crippen LogP contribution in [-0.4, -0.2) is 35.7 Å². The van der Waals surface area contributed by atoms with Gasteiger partial charge in [-0.05, 0) is 38.0 Å². The maximum absolute atomic E-state index is 12.2. The number of carbonyl (C=O) groups is 2. The zero-order valence-corrected chi connectivity index (χ0v) is 12.2. The first kappa shape index (κ1) is 15.3. The molecule has 1 aliphatic heterocycles. The number of ether oxygens (including phenoxy) is 1. The molecule has 1 saturated heterocycles. The van der Waals surface area contributed by atoms with Crippen molar-refractivity contribution in [2.45, 2.75) is 70.4 Å². The fraction of sp³-hybridized carbons (Fsp3) is 0.867. The van der Waals surface area contributed by atoms with E-state index >= 15 is 0 Å². The highest BCUT2D eigenvalue weighted by Crippen LogP contribution is 2.44. The van der Waals surface area contributed by atoms with Crippen molar-refractivity contribution in [1.82, 2.24) is 5.32 Å². The first-order chi connectivity index (χ1) is 9.51. The molecule has 2 fully saturated rings. The van der Waals surface area contributed by atoms with Gasteiger partial charge in [0.2, 0.25) is 5.91 Å². The van der Waals surface area contributed by atoms with Crippen LogP contribution >= 0.6 is 0 Å². The summed E-state index contributed by atoms with van der Waals surface area (Å²) in [5.41, 5.74) is -0.327. The van der Waals surface area contributed by atoms with Gasteiger partial charge in [0.1, 0.15) is 0 Å². The third-order valence-electron chi connectivity index (χ3n) is 4.64. The molecule has 0 aromatic carbocycles. The number of nitrogens with one attached hydrogen (secondary N) is 1. The van der Waals surface area contributed by atoms with E-state index in [0.717, 1.165) is 45.1 Å². The molecule has 2 aliphatic rings. The fourth-order valence-electron chi connectivity index (χ4n) is 3.60. The Hall–Kier alpha value is -1.10. The van der Waals surface area contributed by atoms with E-state index < -0.39 is 5.97 Å². The molecule has 0 aromatic rings. The predicted octanol–water partition coefficient (Wildman–Crippen LogP) is 2.10. The van der Waals surface area contributed by atoms with Gasteiger partial charge in [-0.15, -0.1) is 0 Å². The van der Waals surface area contributed by atoms with Crippen molar-refractivity contribution in [2.24, 2.45) is 5.41 Å². The minimum atomic E-state index is -0.799. The Kier molecular flexibility index (Phi) is 5.02. The van der Waals surface area contributed by atoms with Crippen LogP contribution < -0.4 is 5.32 Å². The molecule has 2 unspecified atom stereocenters. The van der Waals surface area contributed by atoms with Crippen molar-refractivity contribution < 1.29 is 19.4 Å². The van der Waals surface area contributed by atoms with E-state index in [9.17, 15) is 9.59 Å². The van der Waals surface area contributed by atoms with Crippen molar-refractivity contribution in [3.8, 4) is 0 Å². The molecule has 2 N–H and O–H groups in total. The van der Waals surface area contributed by atoms with Gasteiger partial charge in [-0.25, -0.2) is 0 Å². The highest BCUT2D eigenvalue weighted by atomic mass is 16.5. The van der Waals surface area contributed by atoms with Crippen molar-refractivity contribution in [3.05, 3.63) is 0 Å². The van der Waals surface area contributed by atoms with Gasteiger partial charge >= 0.3 is 5.97 Å². The average molecular weight is 283 g/mol. The summed E-state index contributed by atoms with van der Waals surface area (Å²) in [6.07, 6.45) is 6.34. The molecular formula is C15H25NO4. The summed E-state index contributed by atoms with van der Waals surface area (Å²) in [4.78, 5) is 23.2. The van der Waals surface area contributed by atoms with Crippen LogP contribution in [0.5, 0.6) is 0 Å². The average Bonchev–Trinajstić information content (AvgIpc) is 2.98. The van der Waals surface area contributed by atoms with E-state index in [1.54, 1.807) is 0 Å². The molecule has 5 heteroatoms. The fourth-order valence-corrected chi connectivity index (χ4v) is 3.60. The molecule has 0 aromatic heterocycles. The topological polar surface area (TPSA) is 75.6 Å². The molecular weight excluding hydrogens is 258 g/mol. The Morgan fingerprint density at radius 3 is 2.55 bits per heavy atom. The third kappa shape index (κ3) is 3.95. The molecule has 0 spiro atoms. The summed E-state index contributed by atoms with van der Waals surface area (Å²) in [7, 11) is 0. The van der Waals surface area contributed by atoms with Gasteiger partial charge in [0.05, 0.1) is 18.6 Å². The van der Waals surface area contributed by atoms with Gasteiger partial charge in [-0.2, -0.15) is 0 Å². The maximum atomic E-state index is 12.2. The van der Waals surface area contributed by atoms with Gasteiger partial charge in [-0.3, -0.25) is 9.59 Å². The second-order valence-electron chi connectivity index (χ2n) is 6.36. The van der Waals surface area contributed by atoms with Crippen LogP contribution in [0.25, 0.3) is 0 Å². The summed E-state index contributed by atoms with van der Waals surface area (Å²) in [5, 5.41) is 12.0. The summed E-state index contributed by atoms with van der Waals surface area (Å²) < 4.78 is 5.57. The number of hydrogen-bond donors (Lipinski definition) is 2. The Morgan fingerprint density at radius 2 is 2.00 bits per heavy atom. The number of carboxylic acids is 1. The van der Waals surface area contributed by atoms with Crippen molar-refractivity contribution in [1.29, 1.82) is 0 Å². The lowest BCUT2D eigenvalue weighted by Gasteiger charge is -2.28. The van der Waals surface area contributed by atoms with Gasteiger partial charge in [0.25, 0.3) is 0 Å². The molecule has 1 saturated carbocycles. The molecule has 2 atom stereocenters. The Bertz CT molecular complexity index is 357. The van der Waals surface area contributed by atoms with Crippen LogP contribution in [0.3, 0.4) is 0 Å². The number of carboxylic acid groups (broad SMARTS) is 1. The van der Waals surface area contributed by atoms with E-state index in [2.05, 4.69) is 5.32 Å². The smallest absolute Gasteiger partial charge is 0.303 e. The first-order valence-corrected chi connectivity index (χ1v) is 7.64. The molecule has 5 nitrogen and oxygen atoms in total. The minimum absolute atomic E-state index is 0.00767. The van der Waals surface area contributed by atoms with E-state index in [0.29, 0.717) is 6.42 Å². The summed E-state index contributed by atoms with van der Waals surface area (Å²) >= 11 is 0. The minimum Gasteiger partial charge on any atom is -0.481 e. The van der Waals surface area contributed by atoms with Crippen LogP contribution in [0, 0.1) is 5.41 Å². The molecule has 2 rings (SSSR count). The predicted molar refractivity (Wildman–Crippen MR) is 74.3 cm³/mol. The van der Waals surface area contributed by atoms with Crippen LogP contribution in [0.2, 0.25) is 0 Å². The maximum Gasteiger partial charge on any atom is 0.303 e. The molecule has 1 heterocycles. The van der Waals surface area contributed by atoms with E-state index in [-0.39, 0.29) is 29.9 Å². The van der Waals surface area contributed by atoms with Gasteiger partial charge in [0.15, 0.2) is 0 Å². The van der Waals surface area contributed by atoms with Crippen LogP contribution in [0.4, 0.5) is 0 Å². The molecule has 114 valence electrons. The van der Waals surface area contributed by atoms with Crippen molar-refractivity contribution in [2.75, 3.05) is 6.61 Å². The first-order valence-electron chi connectivity index (χ1n) is 7.64. The molecule has 20 heavy (non-hydrogen) atoms. The van der Waals surface area contributed by atoms with Crippen LogP contribution in [0.1, 0.15) is 58.3 Å². The van der Waals surface area contributed by atoms with Crippen LogP contribution in [-0.2, 0) is 14.3 Å². The third-order valence-corrected chi connectivity index (χ3v) is 4.64. The zero-order chi connectivity index (χ0) is 14.6. The normalized spacial score (nSPS) is 26.4. The highest BCUT2D eigenvalue weighted by Gasteiger charge is 2.38. The SMILES string of the molecule is CC(NC(=O)CC1(CC(=O)O)CCCC1)C1CCCO1. The molecule has 1 amide bonds. The van der Waals surface area contributed by atoms with Gasteiger partial charge in [0, 0.05) is 13.0 Å². The molecule has 1 aliphatic carbocycles. The van der Waals surface area contributed by atoms with Crippen molar-refractivity contribution in [3.63, 3.8) is 0 Å². The number of rotatable bonds is 6. The second kappa shape index (κ2) is 6.57. The lowest BCUT2D eigenvalue weighted by atomic mass is 9.79. The molecule has 0 radical (unpaired) electrons. The Balaban J connectivity index is 1.86. The second-order valence-corrected chi connectivity index (χ2v) is 6.36. The lowest BCUT2D eigenvalue weighted by molar-refractivity contribution is -0.140. The summed E-state index contributed by atoms with van der Waals surface area (Å²) in [5.74, 6) is -0.831.